The SMILES string of the molecule is OC[C@H]1CCCN2CCc3c([nH]c4ccccc34)C12. The highest BCUT2D eigenvalue weighted by molar-refractivity contribution is 5.85. The van der Waals surface area contributed by atoms with Crippen molar-refractivity contribution in [3.63, 3.8) is 0 Å². The lowest BCUT2D eigenvalue weighted by Gasteiger charge is -2.43. The van der Waals surface area contributed by atoms with Crippen LogP contribution in [-0.2, 0) is 6.42 Å². The highest BCUT2D eigenvalue weighted by atomic mass is 16.3. The molecule has 0 saturated carbocycles. The topological polar surface area (TPSA) is 39.3 Å². The van der Waals surface area contributed by atoms with Crippen LogP contribution in [0.2, 0.25) is 0 Å². The minimum atomic E-state index is 0.302. The molecule has 0 amide bonds. The zero-order chi connectivity index (χ0) is 12.8. The molecule has 4 rings (SSSR count). The van der Waals surface area contributed by atoms with Gasteiger partial charge in [-0.15, -0.1) is 0 Å². The van der Waals surface area contributed by atoms with E-state index in [0.717, 1.165) is 19.4 Å². The molecular formula is C16H20N2O. The van der Waals surface area contributed by atoms with Crippen molar-refractivity contribution in [2.24, 2.45) is 5.92 Å². The van der Waals surface area contributed by atoms with E-state index in [4.69, 9.17) is 0 Å². The van der Waals surface area contributed by atoms with Crippen molar-refractivity contribution in [1.29, 1.82) is 0 Å². The van der Waals surface area contributed by atoms with Gasteiger partial charge in [0.2, 0.25) is 0 Å². The lowest BCUT2D eigenvalue weighted by atomic mass is 9.83. The lowest BCUT2D eigenvalue weighted by Crippen LogP contribution is -2.44. The Balaban J connectivity index is 1.87. The van der Waals surface area contributed by atoms with Crippen molar-refractivity contribution in [3.05, 3.63) is 35.5 Å². The number of rotatable bonds is 1. The minimum Gasteiger partial charge on any atom is -0.396 e. The van der Waals surface area contributed by atoms with E-state index in [1.165, 1.54) is 35.1 Å². The number of aliphatic hydroxyl groups is 1. The Morgan fingerprint density at radius 2 is 2.16 bits per heavy atom. The van der Waals surface area contributed by atoms with Gasteiger partial charge in [0.25, 0.3) is 0 Å². The number of aromatic amines is 1. The molecule has 2 aliphatic rings. The average molecular weight is 256 g/mol. The van der Waals surface area contributed by atoms with Crippen molar-refractivity contribution >= 4 is 10.9 Å². The number of hydrogen-bond donors (Lipinski definition) is 2. The van der Waals surface area contributed by atoms with Crippen LogP contribution < -0.4 is 0 Å². The maximum atomic E-state index is 9.69. The Hall–Kier alpha value is -1.32. The van der Waals surface area contributed by atoms with E-state index in [1.54, 1.807) is 0 Å². The van der Waals surface area contributed by atoms with Gasteiger partial charge in [0.1, 0.15) is 0 Å². The summed E-state index contributed by atoms with van der Waals surface area (Å²) in [6, 6.07) is 8.99. The number of nitrogens with zero attached hydrogens (tertiary/aromatic N) is 1. The molecule has 3 nitrogen and oxygen atoms in total. The van der Waals surface area contributed by atoms with E-state index in [1.807, 2.05) is 0 Å². The Morgan fingerprint density at radius 1 is 1.26 bits per heavy atom. The maximum absolute atomic E-state index is 9.69. The second-order valence-corrected chi connectivity index (χ2v) is 5.88. The molecule has 1 saturated heterocycles. The second-order valence-electron chi connectivity index (χ2n) is 5.88. The fourth-order valence-electron chi connectivity index (χ4n) is 4.01. The molecule has 19 heavy (non-hydrogen) atoms. The summed E-state index contributed by atoms with van der Waals surface area (Å²) in [4.78, 5) is 6.18. The second kappa shape index (κ2) is 4.36. The molecule has 1 unspecified atom stereocenters. The predicted octanol–water partition coefficient (Wildman–Crippen LogP) is 2.47. The predicted molar refractivity (Wildman–Crippen MR) is 76.1 cm³/mol. The molecule has 1 aromatic heterocycles. The molecule has 0 aliphatic carbocycles. The number of aliphatic hydroxyl groups excluding tert-OH is 1. The number of H-pyrrole nitrogens is 1. The summed E-state index contributed by atoms with van der Waals surface area (Å²) in [5, 5.41) is 11.1. The molecule has 2 N–H and O–H groups in total. The van der Waals surface area contributed by atoms with Gasteiger partial charge in [0.05, 0.1) is 6.04 Å². The number of piperidine rings is 1. The van der Waals surface area contributed by atoms with Gasteiger partial charge >= 0.3 is 0 Å². The van der Waals surface area contributed by atoms with Crippen LogP contribution in [0.25, 0.3) is 10.9 Å². The maximum Gasteiger partial charge on any atom is 0.0551 e. The van der Waals surface area contributed by atoms with Crippen LogP contribution in [0.4, 0.5) is 0 Å². The van der Waals surface area contributed by atoms with Crippen LogP contribution in [0.1, 0.15) is 30.1 Å². The third kappa shape index (κ3) is 1.65. The van der Waals surface area contributed by atoms with Crippen LogP contribution in [0, 0.1) is 5.92 Å². The number of para-hydroxylation sites is 1. The Kier molecular flexibility index (Phi) is 2.64. The van der Waals surface area contributed by atoms with E-state index >= 15 is 0 Å². The Morgan fingerprint density at radius 3 is 3.05 bits per heavy atom. The molecule has 2 aliphatic heterocycles. The highest BCUT2D eigenvalue weighted by Gasteiger charge is 2.37. The molecule has 1 fully saturated rings. The summed E-state index contributed by atoms with van der Waals surface area (Å²) in [6.07, 6.45) is 3.50. The fourth-order valence-corrected chi connectivity index (χ4v) is 4.01. The van der Waals surface area contributed by atoms with Crippen LogP contribution in [-0.4, -0.2) is 34.7 Å². The first-order valence-electron chi connectivity index (χ1n) is 7.33. The first-order valence-corrected chi connectivity index (χ1v) is 7.33. The molecule has 2 atom stereocenters. The molecule has 0 bridgehead atoms. The summed E-state index contributed by atoms with van der Waals surface area (Å²) in [5.74, 6) is 0.390. The number of nitrogens with one attached hydrogen (secondary N) is 1. The standard InChI is InChI=1S/C16H20N2O/c19-10-11-4-3-8-18-9-7-13-12-5-1-2-6-14(12)17-15(13)16(11)18/h1-2,5-6,11,16-17,19H,3-4,7-10H2/t11-,16?/m1/s1. The van der Waals surface area contributed by atoms with E-state index in [-0.39, 0.29) is 0 Å². The minimum absolute atomic E-state index is 0.302. The van der Waals surface area contributed by atoms with Gasteiger partial charge in [0, 0.05) is 35.7 Å². The fraction of sp³-hybridized carbons (Fsp3) is 0.500. The van der Waals surface area contributed by atoms with Crippen molar-refractivity contribution < 1.29 is 5.11 Å². The first kappa shape index (κ1) is 11.5. The Labute approximate surface area is 113 Å². The average Bonchev–Trinajstić information content (AvgIpc) is 2.85. The highest BCUT2D eigenvalue weighted by Crippen LogP contribution is 2.42. The zero-order valence-corrected chi connectivity index (χ0v) is 11.1. The quantitative estimate of drug-likeness (QED) is 0.822. The van der Waals surface area contributed by atoms with Crippen LogP contribution >= 0.6 is 0 Å². The molecule has 1 aromatic carbocycles. The summed E-state index contributed by atoms with van der Waals surface area (Å²) in [6.45, 7) is 2.61. The van der Waals surface area contributed by atoms with Crippen LogP contribution in [0.5, 0.6) is 0 Å². The number of aromatic nitrogens is 1. The number of benzene rings is 1. The van der Waals surface area contributed by atoms with Gasteiger partial charge in [-0.05, 0) is 37.4 Å². The summed E-state index contributed by atoms with van der Waals surface area (Å²) in [7, 11) is 0. The van der Waals surface area contributed by atoms with E-state index in [2.05, 4.69) is 34.1 Å². The third-order valence-electron chi connectivity index (χ3n) is 4.89. The third-order valence-corrected chi connectivity index (χ3v) is 4.89. The monoisotopic (exact) mass is 256 g/mol. The normalized spacial score (nSPS) is 27.2. The summed E-state index contributed by atoms with van der Waals surface area (Å²) >= 11 is 0. The molecule has 100 valence electrons. The largest absolute Gasteiger partial charge is 0.396 e. The van der Waals surface area contributed by atoms with E-state index in [9.17, 15) is 5.11 Å². The summed E-state index contributed by atoms with van der Waals surface area (Å²) < 4.78 is 0. The molecule has 0 spiro atoms. The van der Waals surface area contributed by atoms with Crippen LogP contribution in [0.3, 0.4) is 0 Å². The van der Waals surface area contributed by atoms with Gasteiger partial charge in [-0.25, -0.2) is 0 Å². The lowest BCUT2D eigenvalue weighted by molar-refractivity contribution is 0.0465. The first-order chi connectivity index (χ1) is 9.38. The van der Waals surface area contributed by atoms with E-state index in [0.29, 0.717) is 18.6 Å². The molecule has 3 heterocycles. The van der Waals surface area contributed by atoms with Gasteiger partial charge in [-0.2, -0.15) is 0 Å². The van der Waals surface area contributed by atoms with Gasteiger partial charge in [0.15, 0.2) is 0 Å². The smallest absolute Gasteiger partial charge is 0.0551 e. The number of hydrogen-bond acceptors (Lipinski definition) is 2. The van der Waals surface area contributed by atoms with Crippen molar-refractivity contribution in [3.8, 4) is 0 Å². The van der Waals surface area contributed by atoms with Crippen LogP contribution in [0.15, 0.2) is 24.3 Å². The van der Waals surface area contributed by atoms with Gasteiger partial charge in [-0.3, -0.25) is 4.90 Å². The molecule has 0 radical (unpaired) electrons. The van der Waals surface area contributed by atoms with Gasteiger partial charge in [-0.1, -0.05) is 18.2 Å². The number of fused-ring (bicyclic) bond motifs is 5. The summed E-state index contributed by atoms with van der Waals surface area (Å²) in [5.41, 5.74) is 4.10. The Bertz CT molecular complexity index is 604. The van der Waals surface area contributed by atoms with E-state index < -0.39 is 0 Å². The van der Waals surface area contributed by atoms with Crippen molar-refractivity contribution in [1.82, 2.24) is 9.88 Å². The zero-order valence-electron chi connectivity index (χ0n) is 11.1. The van der Waals surface area contributed by atoms with Crippen molar-refractivity contribution in [2.75, 3.05) is 19.7 Å². The molecular weight excluding hydrogens is 236 g/mol. The molecule has 3 heteroatoms. The van der Waals surface area contributed by atoms with Crippen molar-refractivity contribution in [2.45, 2.75) is 25.3 Å². The van der Waals surface area contributed by atoms with Gasteiger partial charge < -0.3 is 10.1 Å². The molecule has 2 aromatic rings.